The van der Waals surface area contributed by atoms with Crippen LogP contribution in [0.4, 0.5) is 8.78 Å². The van der Waals surface area contributed by atoms with Crippen molar-refractivity contribution in [2.24, 2.45) is 0 Å². The van der Waals surface area contributed by atoms with Crippen molar-refractivity contribution in [1.29, 1.82) is 0 Å². The van der Waals surface area contributed by atoms with Crippen molar-refractivity contribution in [2.45, 2.75) is 50.4 Å². The Kier molecular flexibility index (Phi) is 4.20. The monoisotopic (exact) mass is 333 g/mol. The zero-order chi connectivity index (χ0) is 17.5. The third-order valence-electron chi connectivity index (χ3n) is 5.43. The number of aromatic amines is 1. The molecule has 0 fully saturated rings. The van der Waals surface area contributed by atoms with Gasteiger partial charge < -0.3 is 10.1 Å². The van der Waals surface area contributed by atoms with Crippen molar-refractivity contribution in [1.82, 2.24) is 4.98 Å². The van der Waals surface area contributed by atoms with E-state index in [1.807, 2.05) is 13.0 Å². The number of aromatic nitrogens is 1. The lowest BCUT2D eigenvalue weighted by Gasteiger charge is -2.38. The zero-order valence-corrected chi connectivity index (χ0v) is 13.7. The topological polar surface area (TPSA) is 53.1 Å². The minimum atomic E-state index is -0.903. The van der Waals surface area contributed by atoms with E-state index in [1.54, 1.807) is 6.07 Å². The molecule has 1 aromatic heterocycles. The number of carboxylic acids is 1. The number of H-pyrrole nitrogens is 1. The van der Waals surface area contributed by atoms with E-state index >= 15 is 0 Å². The largest absolute Gasteiger partial charge is 0.481 e. The van der Waals surface area contributed by atoms with Crippen molar-refractivity contribution in [3.8, 4) is 0 Å². The molecule has 1 aliphatic rings. The third kappa shape index (κ3) is 2.43. The number of rotatable bonds is 5. The molecule has 0 aliphatic heterocycles. The van der Waals surface area contributed by atoms with Crippen LogP contribution in [0.15, 0.2) is 24.8 Å². The van der Waals surface area contributed by atoms with Gasteiger partial charge in [-0.1, -0.05) is 13.0 Å². The van der Waals surface area contributed by atoms with E-state index in [4.69, 9.17) is 0 Å². The molecule has 0 saturated carbocycles. The Morgan fingerprint density at radius 2 is 2.25 bits per heavy atom. The molecule has 2 atom stereocenters. The molecule has 2 aromatic rings. The van der Waals surface area contributed by atoms with E-state index in [0.717, 1.165) is 30.2 Å². The Balaban J connectivity index is 2.30. The Bertz CT molecular complexity index is 811. The van der Waals surface area contributed by atoms with Crippen LogP contribution in [0.3, 0.4) is 0 Å². The summed E-state index contributed by atoms with van der Waals surface area (Å²) in [6, 6.07) is 2.72. The number of nitrogens with one attached hydrogen (secondary N) is 1. The average Bonchev–Trinajstić information content (AvgIpc) is 2.94. The lowest BCUT2D eigenvalue weighted by molar-refractivity contribution is -0.138. The Morgan fingerprint density at radius 1 is 1.50 bits per heavy atom. The van der Waals surface area contributed by atoms with Crippen molar-refractivity contribution < 1.29 is 18.7 Å². The molecule has 0 saturated heterocycles. The fourth-order valence-corrected chi connectivity index (χ4v) is 4.17. The van der Waals surface area contributed by atoms with Gasteiger partial charge in [-0.15, -0.1) is 6.58 Å². The van der Waals surface area contributed by atoms with Crippen molar-refractivity contribution in [3.63, 3.8) is 0 Å². The molecule has 2 N–H and O–H groups in total. The number of allylic oxidation sites excluding steroid dienone is 1. The molecule has 0 amide bonds. The van der Waals surface area contributed by atoms with Crippen molar-refractivity contribution >= 4 is 16.9 Å². The maximum absolute atomic E-state index is 14.3. The van der Waals surface area contributed by atoms with Crippen LogP contribution in [-0.2, 0) is 10.2 Å². The fourth-order valence-electron chi connectivity index (χ4n) is 4.17. The second kappa shape index (κ2) is 6.04. The van der Waals surface area contributed by atoms with Crippen molar-refractivity contribution in [2.75, 3.05) is 0 Å². The van der Waals surface area contributed by atoms with E-state index in [-0.39, 0.29) is 17.9 Å². The summed E-state index contributed by atoms with van der Waals surface area (Å²) in [5.74, 6) is -2.54. The molecule has 0 unspecified atom stereocenters. The summed E-state index contributed by atoms with van der Waals surface area (Å²) in [6.07, 6.45) is 4.68. The maximum Gasteiger partial charge on any atom is 0.304 e. The van der Waals surface area contributed by atoms with Crippen LogP contribution in [0, 0.1) is 11.6 Å². The quantitative estimate of drug-likeness (QED) is 0.755. The van der Waals surface area contributed by atoms with Gasteiger partial charge >= 0.3 is 5.97 Å². The van der Waals surface area contributed by atoms with Crippen LogP contribution in [0.5, 0.6) is 0 Å². The number of carboxylic acid groups (broad SMARTS) is 1. The Hall–Kier alpha value is -2.17. The Morgan fingerprint density at radius 3 is 2.88 bits per heavy atom. The van der Waals surface area contributed by atoms with Gasteiger partial charge in [-0.25, -0.2) is 8.78 Å². The van der Waals surface area contributed by atoms with Crippen LogP contribution in [-0.4, -0.2) is 16.1 Å². The second-order valence-corrected chi connectivity index (χ2v) is 6.66. The standard InChI is InChI=1S/C19H21F2NO2/c1-3-5-11-8-9-19(4-2,10-14(23)24)18-15(11)12-6-7-13(20)16(21)17(12)22-18/h3,6-7,11,22H,1,4-5,8-10H2,2H3,(H,23,24)/t11-,19-/m0/s1. The van der Waals surface area contributed by atoms with Crippen LogP contribution in [0.2, 0.25) is 0 Å². The predicted molar refractivity (Wildman–Crippen MR) is 89.2 cm³/mol. The van der Waals surface area contributed by atoms with E-state index in [2.05, 4.69) is 11.6 Å². The van der Waals surface area contributed by atoms with Crippen LogP contribution in [0.1, 0.15) is 56.2 Å². The van der Waals surface area contributed by atoms with Gasteiger partial charge in [0.1, 0.15) is 0 Å². The normalized spacial score (nSPS) is 23.2. The van der Waals surface area contributed by atoms with E-state index in [0.29, 0.717) is 18.2 Å². The number of carbonyl (C=O) groups is 1. The third-order valence-corrected chi connectivity index (χ3v) is 5.43. The molecule has 5 heteroatoms. The molecule has 24 heavy (non-hydrogen) atoms. The Labute approximate surface area is 139 Å². The van der Waals surface area contributed by atoms with Gasteiger partial charge in [-0.2, -0.15) is 0 Å². The number of fused-ring (bicyclic) bond motifs is 3. The smallest absolute Gasteiger partial charge is 0.304 e. The highest BCUT2D eigenvalue weighted by Gasteiger charge is 2.42. The average molecular weight is 333 g/mol. The van der Waals surface area contributed by atoms with Gasteiger partial charge in [0.15, 0.2) is 11.6 Å². The number of hydrogen-bond donors (Lipinski definition) is 2. The summed E-state index contributed by atoms with van der Waals surface area (Å²) < 4.78 is 27.9. The van der Waals surface area contributed by atoms with E-state index < -0.39 is 23.0 Å². The first-order chi connectivity index (χ1) is 11.4. The van der Waals surface area contributed by atoms with Crippen LogP contribution < -0.4 is 0 Å². The molecule has 0 bridgehead atoms. The molecule has 1 aromatic carbocycles. The first-order valence-corrected chi connectivity index (χ1v) is 8.26. The van der Waals surface area contributed by atoms with Gasteiger partial charge in [0.05, 0.1) is 11.9 Å². The molecular formula is C19H21F2NO2. The number of benzene rings is 1. The first kappa shape index (κ1) is 16.7. The highest BCUT2D eigenvalue weighted by Crippen LogP contribution is 2.50. The van der Waals surface area contributed by atoms with Gasteiger partial charge in [-0.3, -0.25) is 4.79 Å². The summed E-state index contributed by atoms with van der Waals surface area (Å²) in [5, 5.41) is 10.0. The minimum absolute atomic E-state index is 0.0196. The molecular weight excluding hydrogens is 312 g/mol. The van der Waals surface area contributed by atoms with Crippen molar-refractivity contribution in [3.05, 3.63) is 47.7 Å². The predicted octanol–water partition coefficient (Wildman–Crippen LogP) is 5.02. The minimum Gasteiger partial charge on any atom is -0.481 e. The lowest BCUT2D eigenvalue weighted by atomic mass is 9.65. The van der Waals surface area contributed by atoms with Gasteiger partial charge in [0.2, 0.25) is 0 Å². The van der Waals surface area contributed by atoms with Gasteiger partial charge in [0, 0.05) is 16.5 Å². The molecule has 0 spiro atoms. The van der Waals surface area contributed by atoms with Gasteiger partial charge in [0.25, 0.3) is 0 Å². The molecule has 3 nitrogen and oxygen atoms in total. The summed E-state index contributed by atoms with van der Waals surface area (Å²) >= 11 is 0. The fraction of sp³-hybridized carbons (Fsp3) is 0.421. The highest BCUT2D eigenvalue weighted by molar-refractivity contribution is 5.87. The molecule has 1 heterocycles. The first-order valence-electron chi connectivity index (χ1n) is 8.26. The number of halogens is 2. The second-order valence-electron chi connectivity index (χ2n) is 6.66. The summed E-state index contributed by atoms with van der Waals surface area (Å²) in [6.45, 7) is 5.74. The SMILES string of the molecule is C=CC[C@H]1CC[C@@](CC)(CC(=O)O)c2[nH]c3c(F)c(F)ccc3c21. The summed E-state index contributed by atoms with van der Waals surface area (Å²) in [4.78, 5) is 14.5. The maximum atomic E-state index is 14.3. The van der Waals surface area contributed by atoms with E-state index in [9.17, 15) is 18.7 Å². The molecule has 1 aliphatic carbocycles. The highest BCUT2D eigenvalue weighted by atomic mass is 19.2. The van der Waals surface area contributed by atoms with E-state index in [1.165, 1.54) is 0 Å². The summed E-state index contributed by atoms with van der Waals surface area (Å²) in [5.41, 5.74) is 1.25. The number of hydrogen-bond acceptors (Lipinski definition) is 1. The van der Waals surface area contributed by atoms with Crippen LogP contribution >= 0.6 is 0 Å². The lowest BCUT2D eigenvalue weighted by Crippen LogP contribution is -2.34. The van der Waals surface area contributed by atoms with Gasteiger partial charge in [-0.05, 0) is 49.3 Å². The van der Waals surface area contributed by atoms with Crippen LogP contribution in [0.25, 0.3) is 10.9 Å². The molecule has 3 rings (SSSR count). The molecule has 0 radical (unpaired) electrons. The summed E-state index contributed by atoms with van der Waals surface area (Å²) in [7, 11) is 0. The zero-order valence-electron chi connectivity index (χ0n) is 13.7. The number of aliphatic carboxylic acids is 1. The molecule has 128 valence electrons.